The fourth-order valence-corrected chi connectivity index (χ4v) is 4.63. The number of nitrogens with zero attached hydrogens (tertiary/aromatic N) is 2. The Labute approximate surface area is 187 Å². The molecule has 1 aliphatic rings. The molecule has 0 saturated carbocycles. The maximum absolute atomic E-state index is 13.9. The number of methoxy groups -OCH3 is 1. The minimum absolute atomic E-state index is 0.0865. The second-order valence-electron chi connectivity index (χ2n) is 7.32. The number of nitrogens with one attached hydrogen (secondary N) is 1. The van der Waals surface area contributed by atoms with E-state index < -0.39 is 17.4 Å². The summed E-state index contributed by atoms with van der Waals surface area (Å²) < 4.78 is 20.3. The second kappa shape index (κ2) is 8.96. The molecule has 0 saturated heterocycles. The number of ether oxygens (including phenoxy) is 1. The number of benzene rings is 2. The molecule has 4 rings (SSSR count). The number of hydrogen-bond donors (Lipinski definition) is 1. The highest BCUT2D eigenvalue weighted by Crippen LogP contribution is 2.36. The molecular formula is C23H20FN3O4S. The number of fused-ring (bicyclic) bond motifs is 1. The Balaban J connectivity index is 1.69. The predicted octanol–water partition coefficient (Wildman–Crippen LogP) is 3.47. The highest BCUT2D eigenvalue weighted by atomic mass is 32.2. The van der Waals surface area contributed by atoms with Gasteiger partial charge in [0.2, 0.25) is 5.91 Å². The van der Waals surface area contributed by atoms with Gasteiger partial charge in [0.15, 0.2) is 5.16 Å². The van der Waals surface area contributed by atoms with Gasteiger partial charge in [0.25, 0.3) is 5.56 Å². The lowest BCUT2D eigenvalue weighted by Gasteiger charge is -2.27. The van der Waals surface area contributed by atoms with Crippen LogP contribution in [0.5, 0.6) is 0 Å². The topological polar surface area (TPSA) is 90.3 Å². The summed E-state index contributed by atoms with van der Waals surface area (Å²) in [6.45, 7) is 0. The van der Waals surface area contributed by atoms with Crippen LogP contribution in [0.15, 0.2) is 58.5 Å². The van der Waals surface area contributed by atoms with Gasteiger partial charge in [-0.15, -0.1) is 0 Å². The Kier molecular flexibility index (Phi) is 6.09. The third kappa shape index (κ3) is 4.16. The molecule has 32 heavy (non-hydrogen) atoms. The average Bonchev–Trinajstić information content (AvgIpc) is 2.80. The standard InChI is InChI=1S/C23H20FN3O4S/c1-27-20-19(21(29)26-23(27)32-12-15-5-3-4-6-17(15)24)16(11-18(28)25-20)13-7-9-14(10-8-13)22(30)31-2/h3-10,16H,11-12H2,1-2H3,(H,25,28)/t16-/m1/s1. The summed E-state index contributed by atoms with van der Waals surface area (Å²) in [5.74, 6) is -0.857. The van der Waals surface area contributed by atoms with Crippen molar-refractivity contribution in [2.45, 2.75) is 23.2 Å². The van der Waals surface area contributed by atoms with Gasteiger partial charge >= 0.3 is 5.97 Å². The molecule has 0 aliphatic carbocycles. The van der Waals surface area contributed by atoms with E-state index in [1.54, 1.807) is 54.1 Å². The number of esters is 1. The molecule has 9 heteroatoms. The first-order valence-electron chi connectivity index (χ1n) is 9.84. The van der Waals surface area contributed by atoms with Crippen molar-refractivity contribution >= 4 is 29.5 Å². The second-order valence-corrected chi connectivity index (χ2v) is 8.26. The number of carbonyl (C=O) groups is 2. The Morgan fingerprint density at radius 2 is 1.94 bits per heavy atom. The van der Waals surface area contributed by atoms with Crippen LogP contribution in [-0.2, 0) is 22.3 Å². The van der Waals surface area contributed by atoms with Crippen LogP contribution < -0.4 is 10.9 Å². The maximum Gasteiger partial charge on any atom is 0.337 e. The molecule has 7 nitrogen and oxygen atoms in total. The Morgan fingerprint density at radius 3 is 2.62 bits per heavy atom. The van der Waals surface area contributed by atoms with Crippen LogP contribution in [0.2, 0.25) is 0 Å². The summed E-state index contributed by atoms with van der Waals surface area (Å²) in [4.78, 5) is 41.4. The number of hydrogen-bond acceptors (Lipinski definition) is 6. The molecule has 1 atom stereocenters. The minimum atomic E-state index is -0.498. The summed E-state index contributed by atoms with van der Waals surface area (Å²) in [6.07, 6.45) is 0.0865. The van der Waals surface area contributed by atoms with Gasteiger partial charge in [0, 0.05) is 25.1 Å². The zero-order valence-electron chi connectivity index (χ0n) is 17.4. The Bertz CT molecular complexity index is 1260. The van der Waals surface area contributed by atoms with Crippen molar-refractivity contribution in [2.24, 2.45) is 7.05 Å². The number of halogens is 1. The number of carbonyl (C=O) groups excluding carboxylic acids is 2. The van der Waals surface area contributed by atoms with Crippen molar-refractivity contribution in [1.82, 2.24) is 9.55 Å². The van der Waals surface area contributed by atoms with E-state index >= 15 is 0 Å². The van der Waals surface area contributed by atoms with E-state index in [9.17, 15) is 18.8 Å². The van der Waals surface area contributed by atoms with Crippen LogP contribution in [0.4, 0.5) is 10.2 Å². The monoisotopic (exact) mass is 453 g/mol. The Hall–Kier alpha value is -3.46. The lowest BCUT2D eigenvalue weighted by Crippen LogP contribution is -2.33. The number of rotatable bonds is 5. The van der Waals surface area contributed by atoms with Gasteiger partial charge in [-0.3, -0.25) is 9.59 Å². The van der Waals surface area contributed by atoms with Gasteiger partial charge in [-0.2, -0.15) is 4.98 Å². The van der Waals surface area contributed by atoms with Crippen molar-refractivity contribution in [3.63, 3.8) is 0 Å². The highest BCUT2D eigenvalue weighted by Gasteiger charge is 2.32. The molecule has 1 aliphatic heterocycles. The summed E-state index contributed by atoms with van der Waals surface area (Å²) in [6, 6.07) is 13.0. The van der Waals surface area contributed by atoms with Crippen molar-refractivity contribution in [2.75, 3.05) is 12.4 Å². The van der Waals surface area contributed by atoms with Crippen LogP contribution in [-0.4, -0.2) is 28.5 Å². The van der Waals surface area contributed by atoms with E-state index in [4.69, 9.17) is 4.74 Å². The molecule has 164 valence electrons. The van der Waals surface area contributed by atoms with Crippen LogP contribution in [0.3, 0.4) is 0 Å². The number of anilines is 1. The molecule has 2 aromatic carbocycles. The molecule has 2 heterocycles. The van der Waals surface area contributed by atoms with E-state index in [-0.39, 0.29) is 23.9 Å². The van der Waals surface area contributed by atoms with Gasteiger partial charge in [-0.25, -0.2) is 9.18 Å². The van der Waals surface area contributed by atoms with E-state index in [2.05, 4.69) is 10.3 Å². The molecule has 0 radical (unpaired) electrons. The van der Waals surface area contributed by atoms with Gasteiger partial charge in [-0.05, 0) is 29.3 Å². The molecule has 0 spiro atoms. The normalized spacial score (nSPS) is 15.1. The zero-order valence-corrected chi connectivity index (χ0v) is 18.2. The quantitative estimate of drug-likeness (QED) is 0.361. The van der Waals surface area contributed by atoms with Gasteiger partial charge in [0.1, 0.15) is 11.6 Å². The van der Waals surface area contributed by atoms with Crippen molar-refractivity contribution in [3.8, 4) is 0 Å². The number of aromatic nitrogens is 2. The average molecular weight is 453 g/mol. The van der Waals surface area contributed by atoms with Crippen molar-refractivity contribution in [3.05, 3.63) is 87.0 Å². The van der Waals surface area contributed by atoms with Gasteiger partial charge < -0.3 is 14.6 Å². The van der Waals surface area contributed by atoms with Gasteiger partial charge in [0.05, 0.1) is 18.2 Å². The lowest BCUT2D eigenvalue weighted by molar-refractivity contribution is -0.116. The minimum Gasteiger partial charge on any atom is -0.465 e. The van der Waals surface area contributed by atoms with Crippen molar-refractivity contribution in [1.29, 1.82) is 0 Å². The molecule has 1 N–H and O–H groups in total. The smallest absolute Gasteiger partial charge is 0.337 e. The van der Waals surface area contributed by atoms with E-state index in [1.165, 1.54) is 24.9 Å². The molecule has 3 aromatic rings. The van der Waals surface area contributed by atoms with E-state index in [0.29, 0.717) is 27.7 Å². The lowest BCUT2D eigenvalue weighted by atomic mass is 9.86. The van der Waals surface area contributed by atoms with Gasteiger partial charge in [-0.1, -0.05) is 42.1 Å². The first-order valence-corrected chi connectivity index (χ1v) is 10.8. The maximum atomic E-state index is 13.9. The zero-order chi connectivity index (χ0) is 22.8. The molecule has 0 bridgehead atoms. The number of thioether (sulfide) groups is 1. The summed E-state index contributed by atoms with van der Waals surface area (Å²) in [7, 11) is 3.01. The summed E-state index contributed by atoms with van der Waals surface area (Å²) in [5.41, 5.74) is 1.53. The largest absolute Gasteiger partial charge is 0.465 e. The van der Waals surface area contributed by atoms with Crippen LogP contribution in [0, 0.1) is 5.82 Å². The Morgan fingerprint density at radius 1 is 1.22 bits per heavy atom. The van der Waals surface area contributed by atoms with Crippen LogP contribution in [0.25, 0.3) is 0 Å². The van der Waals surface area contributed by atoms with Crippen molar-refractivity contribution < 1.29 is 18.7 Å². The van der Waals surface area contributed by atoms with E-state index in [1.807, 2.05) is 0 Å². The fraction of sp³-hybridized carbons (Fsp3) is 0.217. The first-order chi connectivity index (χ1) is 15.4. The SMILES string of the molecule is COC(=O)c1ccc([C@H]2CC(=O)Nc3c2c(=O)nc(SCc2ccccc2F)n3C)cc1. The summed E-state index contributed by atoms with van der Waals surface area (Å²) in [5, 5.41) is 3.15. The number of amides is 1. The fourth-order valence-electron chi connectivity index (χ4n) is 3.68. The van der Waals surface area contributed by atoms with Crippen LogP contribution in [0.1, 0.15) is 39.4 Å². The van der Waals surface area contributed by atoms with E-state index in [0.717, 1.165) is 5.56 Å². The predicted molar refractivity (Wildman–Crippen MR) is 118 cm³/mol. The molecule has 1 amide bonds. The molecular weight excluding hydrogens is 433 g/mol. The first kappa shape index (κ1) is 21.8. The highest BCUT2D eigenvalue weighted by molar-refractivity contribution is 7.98. The third-order valence-electron chi connectivity index (χ3n) is 5.35. The van der Waals surface area contributed by atoms with Crippen LogP contribution >= 0.6 is 11.8 Å². The molecule has 1 aromatic heterocycles. The third-order valence-corrected chi connectivity index (χ3v) is 6.43. The molecule has 0 fully saturated rings. The molecule has 0 unspecified atom stereocenters. The summed E-state index contributed by atoms with van der Waals surface area (Å²) >= 11 is 1.22.